The highest BCUT2D eigenvalue weighted by Gasteiger charge is 2.29. The van der Waals surface area contributed by atoms with Crippen molar-refractivity contribution in [3.8, 4) is 5.75 Å². The van der Waals surface area contributed by atoms with E-state index < -0.39 is 0 Å². The van der Waals surface area contributed by atoms with E-state index in [2.05, 4.69) is 31.1 Å². The van der Waals surface area contributed by atoms with Crippen LogP contribution in [0, 0.1) is 0 Å². The molecular weight excluding hydrogens is 200 g/mol. The van der Waals surface area contributed by atoms with Gasteiger partial charge in [0.05, 0.1) is 17.5 Å². The van der Waals surface area contributed by atoms with Crippen LogP contribution < -0.4 is 10.1 Å². The average Bonchev–Trinajstić information content (AvgIpc) is 3.00. The molecule has 2 rings (SSSR count). The monoisotopic (exact) mass is 220 g/mol. The van der Waals surface area contributed by atoms with E-state index in [9.17, 15) is 0 Å². The Balaban J connectivity index is 2.41. The molecule has 1 N–H and O–H groups in total. The molecule has 16 heavy (non-hydrogen) atoms. The lowest BCUT2D eigenvalue weighted by molar-refractivity contribution is 0.293. The highest BCUT2D eigenvalue weighted by molar-refractivity contribution is 5.59. The van der Waals surface area contributed by atoms with Crippen LogP contribution >= 0.6 is 0 Å². The van der Waals surface area contributed by atoms with Gasteiger partial charge in [-0.2, -0.15) is 0 Å². The molecule has 0 saturated heterocycles. The maximum atomic E-state index is 5.98. The summed E-state index contributed by atoms with van der Waals surface area (Å²) in [4.78, 5) is 4.47. The van der Waals surface area contributed by atoms with Crippen LogP contribution in [0.1, 0.15) is 39.3 Å². The summed E-state index contributed by atoms with van der Waals surface area (Å²) in [6.45, 7) is 6.48. The number of aromatic nitrogens is 1. The van der Waals surface area contributed by atoms with Crippen molar-refractivity contribution in [2.24, 2.45) is 0 Å². The highest BCUT2D eigenvalue weighted by Crippen LogP contribution is 2.38. The van der Waals surface area contributed by atoms with Crippen molar-refractivity contribution in [3.63, 3.8) is 0 Å². The van der Waals surface area contributed by atoms with Gasteiger partial charge in [0.25, 0.3) is 0 Å². The molecule has 1 saturated carbocycles. The number of anilines is 1. The molecule has 0 radical (unpaired) electrons. The van der Waals surface area contributed by atoms with Gasteiger partial charge < -0.3 is 10.1 Å². The van der Waals surface area contributed by atoms with Crippen LogP contribution in [0.15, 0.2) is 12.3 Å². The van der Waals surface area contributed by atoms with Crippen molar-refractivity contribution in [2.75, 3.05) is 12.4 Å². The first-order valence-corrected chi connectivity index (χ1v) is 5.86. The van der Waals surface area contributed by atoms with Crippen molar-refractivity contribution in [1.29, 1.82) is 0 Å². The Morgan fingerprint density at radius 2 is 2.06 bits per heavy atom. The molecule has 1 aromatic heterocycles. The molecule has 0 aliphatic heterocycles. The van der Waals surface area contributed by atoms with E-state index in [-0.39, 0.29) is 5.41 Å². The zero-order chi connectivity index (χ0) is 11.8. The third kappa shape index (κ3) is 2.29. The van der Waals surface area contributed by atoms with Crippen LogP contribution in [-0.2, 0) is 5.41 Å². The Morgan fingerprint density at radius 3 is 2.56 bits per heavy atom. The molecule has 0 atom stereocenters. The minimum atomic E-state index is 0.0110. The van der Waals surface area contributed by atoms with E-state index in [4.69, 9.17) is 4.74 Å². The van der Waals surface area contributed by atoms with Gasteiger partial charge in [-0.25, -0.2) is 0 Å². The Kier molecular flexibility index (Phi) is 2.78. The summed E-state index contributed by atoms with van der Waals surface area (Å²) >= 11 is 0. The van der Waals surface area contributed by atoms with Crippen molar-refractivity contribution < 1.29 is 4.74 Å². The second-order valence-corrected chi connectivity index (χ2v) is 5.35. The van der Waals surface area contributed by atoms with Crippen LogP contribution in [-0.4, -0.2) is 18.1 Å². The van der Waals surface area contributed by atoms with Crippen molar-refractivity contribution in [2.45, 2.75) is 45.1 Å². The quantitative estimate of drug-likeness (QED) is 0.850. The van der Waals surface area contributed by atoms with Crippen LogP contribution in [0.25, 0.3) is 0 Å². The van der Waals surface area contributed by atoms with Crippen LogP contribution in [0.5, 0.6) is 5.75 Å². The fourth-order valence-electron chi connectivity index (χ4n) is 1.65. The van der Waals surface area contributed by atoms with Crippen molar-refractivity contribution in [1.82, 2.24) is 4.98 Å². The minimum Gasteiger partial charge on any atom is -0.486 e. The number of hydrogen-bond donors (Lipinski definition) is 1. The predicted octanol–water partition coefficient (Wildman–Crippen LogP) is 2.96. The highest BCUT2D eigenvalue weighted by atomic mass is 16.5. The molecule has 1 aliphatic rings. The van der Waals surface area contributed by atoms with Gasteiger partial charge in [0.1, 0.15) is 0 Å². The van der Waals surface area contributed by atoms with E-state index in [1.807, 2.05) is 19.3 Å². The SMILES string of the molecule is CNc1ccnc(C(C)(C)C)c1OC1CC1. The second kappa shape index (κ2) is 3.96. The van der Waals surface area contributed by atoms with E-state index in [0.717, 1.165) is 17.1 Å². The van der Waals surface area contributed by atoms with Gasteiger partial charge in [-0.3, -0.25) is 4.98 Å². The molecule has 1 aliphatic carbocycles. The molecule has 88 valence electrons. The summed E-state index contributed by atoms with van der Waals surface area (Å²) < 4.78 is 5.98. The lowest BCUT2D eigenvalue weighted by atomic mass is 9.90. The summed E-state index contributed by atoms with van der Waals surface area (Å²) in [6, 6.07) is 1.97. The van der Waals surface area contributed by atoms with Gasteiger partial charge in [0.15, 0.2) is 5.75 Å². The average molecular weight is 220 g/mol. The van der Waals surface area contributed by atoms with Gasteiger partial charge in [0, 0.05) is 18.7 Å². The molecule has 0 spiro atoms. The molecule has 0 unspecified atom stereocenters. The lowest BCUT2D eigenvalue weighted by Gasteiger charge is -2.23. The third-order valence-electron chi connectivity index (χ3n) is 2.69. The van der Waals surface area contributed by atoms with Gasteiger partial charge in [-0.15, -0.1) is 0 Å². The van der Waals surface area contributed by atoms with Crippen LogP contribution in [0.3, 0.4) is 0 Å². The van der Waals surface area contributed by atoms with E-state index in [1.165, 1.54) is 12.8 Å². The van der Waals surface area contributed by atoms with Crippen molar-refractivity contribution >= 4 is 5.69 Å². The molecule has 0 bridgehead atoms. The molecule has 1 fully saturated rings. The lowest BCUT2D eigenvalue weighted by Crippen LogP contribution is -2.17. The minimum absolute atomic E-state index is 0.0110. The van der Waals surface area contributed by atoms with Crippen LogP contribution in [0.4, 0.5) is 5.69 Å². The van der Waals surface area contributed by atoms with Gasteiger partial charge in [-0.05, 0) is 18.9 Å². The Labute approximate surface area is 97.2 Å². The Morgan fingerprint density at radius 1 is 1.38 bits per heavy atom. The normalized spacial score (nSPS) is 16.0. The van der Waals surface area contributed by atoms with Gasteiger partial charge in [-0.1, -0.05) is 20.8 Å². The molecule has 1 heterocycles. The predicted molar refractivity (Wildman–Crippen MR) is 66.1 cm³/mol. The fraction of sp³-hybridized carbons (Fsp3) is 0.615. The summed E-state index contributed by atoms with van der Waals surface area (Å²) in [5.41, 5.74) is 2.08. The molecule has 3 heteroatoms. The number of rotatable bonds is 3. The molecule has 0 aromatic carbocycles. The van der Waals surface area contributed by atoms with E-state index in [0.29, 0.717) is 6.10 Å². The summed E-state index contributed by atoms with van der Waals surface area (Å²) in [5, 5.41) is 3.18. The first-order chi connectivity index (χ1) is 7.52. The number of nitrogens with zero attached hydrogens (tertiary/aromatic N) is 1. The van der Waals surface area contributed by atoms with Gasteiger partial charge in [0.2, 0.25) is 0 Å². The zero-order valence-corrected chi connectivity index (χ0v) is 10.5. The maximum absolute atomic E-state index is 5.98. The van der Waals surface area contributed by atoms with E-state index in [1.54, 1.807) is 0 Å². The molecule has 1 aromatic rings. The molecule has 0 amide bonds. The number of pyridine rings is 1. The number of nitrogens with one attached hydrogen (secondary N) is 1. The summed E-state index contributed by atoms with van der Waals surface area (Å²) in [5.74, 6) is 0.931. The molecule has 3 nitrogen and oxygen atoms in total. The third-order valence-corrected chi connectivity index (χ3v) is 2.69. The maximum Gasteiger partial charge on any atom is 0.164 e. The Hall–Kier alpha value is -1.25. The number of ether oxygens (including phenoxy) is 1. The van der Waals surface area contributed by atoms with E-state index >= 15 is 0 Å². The van der Waals surface area contributed by atoms with Gasteiger partial charge >= 0.3 is 0 Å². The topological polar surface area (TPSA) is 34.2 Å². The zero-order valence-electron chi connectivity index (χ0n) is 10.5. The number of hydrogen-bond acceptors (Lipinski definition) is 3. The first kappa shape index (κ1) is 11.2. The summed E-state index contributed by atoms with van der Waals surface area (Å²) in [7, 11) is 1.92. The van der Waals surface area contributed by atoms with Crippen LogP contribution in [0.2, 0.25) is 0 Å². The standard InChI is InChI=1S/C13H20N2O/c1-13(2,3)12-11(16-9-5-6-9)10(14-4)7-8-15-12/h7-9H,5-6H2,1-4H3,(H,14,15). The second-order valence-electron chi connectivity index (χ2n) is 5.35. The Bertz CT molecular complexity index is 378. The first-order valence-electron chi connectivity index (χ1n) is 5.86. The smallest absolute Gasteiger partial charge is 0.164 e. The largest absolute Gasteiger partial charge is 0.486 e. The molecular formula is C13H20N2O. The van der Waals surface area contributed by atoms with Crippen molar-refractivity contribution in [3.05, 3.63) is 18.0 Å². The fourth-order valence-corrected chi connectivity index (χ4v) is 1.65. The summed E-state index contributed by atoms with van der Waals surface area (Å²) in [6.07, 6.45) is 4.58.